The molecule has 5 heteroatoms. The molecule has 2 aliphatic rings. The Morgan fingerprint density at radius 2 is 1.77 bits per heavy atom. The zero-order valence-corrected chi connectivity index (χ0v) is 18.3. The summed E-state index contributed by atoms with van der Waals surface area (Å²) in [6.07, 6.45) is 7.00. The number of aliphatic hydroxyl groups is 1. The summed E-state index contributed by atoms with van der Waals surface area (Å²) < 4.78 is 13.3. The van der Waals surface area contributed by atoms with Crippen molar-refractivity contribution in [1.82, 2.24) is 10.2 Å². The van der Waals surface area contributed by atoms with Crippen LogP contribution in [0.2, 0.25) is 0 Å². The van der Waals surface area contributed by atoms with Crippen LogP contribution in [0.5, 0.6) is 0 Å². The summed E-state index contributed by atoms with van der Waals surface area (Å²) in [5.74, 6) is 0.00390. The van der Waals surface area contributed by atoms with Crippen LogP contribution in [-0.2, 0) is 0 Å². The minimum atomic E-state index is -1.04. The summed E-state index contributed by atoms with van der Waals surface area (Å²) in [5, 5.41) is 14.4. The highest BCUT2D eigenvalue weighted by atomic mass is 19.1. The SMILES string of the molecule is C[C@@]1(O)CCN(CC2CCCCC2)[C@@H](c2ccccc2)[C@@H]1NC(=O)c1ccc(F)cc1. The topological polar surface area (TPSA) is 52.6 Å². The Balaban J connectivity index is 1.62. The maximum Gasteiger partial charge on any atom is 0.251 e. The molecule has 2 aromatic carbocycles. The number of piperidine rings is 1. The molecular weight excluding hydrogens is 391 g/mol. The lowest BCUT2D eigenvalue weighted by Crippen LogP contribution is -2.63. The lowest BCUT2D eigenvalue weighted by molar-refractivity contribution is -0.0684. The van der Waals surface area contributed by atoms with Gasteiger partial charge in [0.25, 0.3) is 5.91 Å². The number of rotatable bonds is 5. The first kappa shape index (κ1) is 22.0. The number of likely N-dealkylation sites (tertiary alicyclic amines) is 1. The summed E-state index contributed by atoms with van der Waals surface area (Å²) in [6, 6.07) is 15.1. The third-order valence-corrected chi connectivity index (χ3v) is 7.04. The highest BCUT2D eigenvalue weighted by Gasteiger charge is 2.46. The molecule has 2 aromatic rings. The van der Waals surface area contributed by atoms with Crippen LogP contribution in [0.3, 0.4) is 0 Å². The van der Waals surface area contributed by atoms with Crippen LogP contribution >= 0.6 is 0 Å². The van der Waals surface area contributed by atoms with Gasteiger partial charge in [-0.2, -0.15) is 0 Å². The molecule has 2 fully saturated rings. The summed E-state index contributed by atoms with van der Waals surface area (Å²) in [5.41, 5.74) is 0.454. The Labute approximate surface area is 184 Å². The quantitative estimate of drug-likeness (QED) is 0.731. The largest absolute Gasteiger partial charge is 0.388 e. The van der Waals surface area contributed by atoms with E-state index in [-0.39, 0.29) is 17.8 Å². The predicted molar refractivity (Wildman–Crippen MR) is 120 cm³/mol. The molecule has 3 atom stereocenters. The van der Waals surface area contributed by atoms with E-state index < -0.39 is 11.6 Å². The van der Waals surface area contributed by atoms with Crippen molar-refractivity contribution in [1.29, 1.82) is 0 Å². The number of halogens is 1. The normalized spacial score (nSPS) is 27.7. The van der Waals surface area contributed by atoms with Crippen LogP contribution in [-0.4, -0.2) is 40.6 Å². The summed E-state index contributed by atoms with van der Waals surface area (Å²) in [4.78, 5) is 15.5. The van der Waals surface area contributed by atoms with Crippen molar-refractivity contribution >= 4 is 5.91 Å². The van der Waals surface area contributed by atoms with Gasteiger partial charge in [0.15, 0.2) is 0 Å². The van der Waals surface area contributed by atoms with Gasteiger partial charge in [0.1, 0.15) is 5.82 Å². The number of amides is 1. The highest BCUT2D eigenvalue weighted by molar-refractivity contribution is 5.94. The van der Waals surface area contributed by atoms with Crippen molar-refractivity contribution in [2.45, 2.75) is 63.1 Å². The van der Waals surface area contributed by atoms with Crippen LogP contribution < -0.4 is 5.32 Å². The van der Waals surface area contributed by atoms with E-state index in [9.17, 15) is 14.3 Å². The van der Waals surface area contributed by atoms with Crippen molar-refractivity contribution < 1.29 is 14.3 Å². The molecule has 1 saturated carbocycles. The third kappa shape index (κ3) is 5.16. The Bertz CT molecular complexity index is 863. The molecule has 4 nitrogen and oxygen atoms in total. The van der Waals surface area contributed by atoms with Gasteiger partial charge in [-0.15, -0.1) is 0 Å². The van der Waals surface area contributed by atoms with Crippen LogP contribution in [0.4, 0.5) is 4.39 Å². The van der Waals surface area contributed by atoms with Gasteiger partial charge in [0.05, 0.1) is 17.7 Å². The van der Waals surface area contributed by atoms with Crippen molar-refractivity contribution in [2.75, 3.05) is 13.1 Å². The number of hydrogen-bond donors (Lipinski definition) is 2. The van der Waals surface area contributed by atoms with Gasteiger partial charge in [-0.3, -0.25) is 9.69 Å². The molecule has 2 N–H and O–H groups in total. The van der Waals surface area contributed by atoms with Crippen LogP contribution in [0.15, 0.2) is 54.6 Å². The molecule has 1 aliphatic heterocycles. The fourth-order valence-corrected chi connectivity index (χ4v) is 5.24. The number of carbonyl (C=O) groups excluding carboxylic acids is 1. The number of hydrogen-bond acceptors (Lipinski definition) is 3. The second-order valence-electron chi connectivity index (χ2n) is 9.42. The van der Waals surface area contributed by atoms with Crippen molar-refractivity contribution in [3.8, 4) is 0 Å². The first-order chi connectivity index (χ1) is 14.9. The van der Waals surface area contributed by atoms with E-state index in [1.165, 1.54) is 56.4 Å². The van der Waals surface area contributed by atoms with E-state index >= 15 is 0 Å². The molecular formula is C26H33FN2O2. The van der Waals surface area contributed by atoms with E-state index in [0.29, 0.717) is 17.9 Å². The molecule has 0 bridgehead atoms. The van der Waals surface area contributed by atoms with Gasteiger partial charge in [-0.25, -0.2) is 4.39 Å². The summed E-state index contributed by atoms with van der Waals surface area (Å²) >= 11 is 0. The Hall–Kier alpha value is -2.24. The smallest absolute Gasteiger partial charge is 0.251 e. The fourth-order valence-electron chi connectivity index (χ4n) is 5.24. The number of carbonyl (C=O) groups is 1. The van der Waals surface area contributed by atoms with Gasteiger partial charge < -0.3 is 10.4 Å². The van der Waals surface area contributed by atoms with Gasteiger partial charge in [0.2, 0.25) is 0 Å². The van der Waals surface area contributed by atoms with E-state index in [4.69, 9.17) is 0 Å². The summed E-state index contributed by atoms with van der Waals surface area (Å²) in [7, 11) is 0. The maximum atomic E-state index is 13.3. The van der Waals surface area contributed by atoms with Crippen molar-refractivity contribution in [3.63, 3.8) is 0 Å². The standard InChI is InChI=1S/C26H33FN2O2/c1-26(31)16-17-29(18-19-8-4-2-5-9-19)23(20-10-6-3-7-11-20)24(26)28-25(30)21-12-14-22(27)15-13-21/h3,6-7,10-15,19,23-24,31H,2,4-5,8-9,16-18H2,1H3,(H,28,30)/t23-,24-,26+/m0/s1. The molecule has 1 aliphatic carbocycles. The second kappa shape index (κ2) is 9.49. The molecule has 0 spiro atoms. The zero-order chi connectivity index (χ0) is 21.8. The van der Waals surface area contributed by atoms with Crippen LogP contribution in [0, 0.1) is 11.7 Å². The Morgan fingerprint density at radius 3 is 2.45 bits per heavy atom. The number of nitrogens with one attached hydrogen (secondary N) is 1. The van der Waals surface area contributed by atoms with E-state index in [1.807, 2.05) is 25.1 Å². The molecule has 0 radical (unpaired) electrons. The first-order valence-corrected chi connectivity index (χ1v) is 11.5. The molecule has 166 valence electrons. The van der Waals surface area contributed by atoms with Gasteiger partial charge in [-0.05, 0) is 61.9 Å². The summed E-state index contributed by atoms with van der Waals surface area (Å²) in [6.45, 7) is 3.60. The average molecular weight is 425 g/mol. The minimum absolute atomic E-state index is 0.115. The molecule has 1 saturated heterocycles. The van der Waals surface area contributed by atoms with E-state index in [2.05, 4.69) is 22.3 Å². The number of nitrogens with zero attached hydrogens (tertiary/aromatic N) is 1. The molecule has 1 heterocycles. The average Bonchev–Trinajstić information content (AvgIpc) is 2.78. The molecule has 31 heavy (non-hydrogen) atoms. The van der Waals surface area contributed by atoms with Crippen LogP contribution in [0.25, 0.3) is 0 Å². The predicted octanol–water partition coefficient (Wildman–Crippen LogP) is 4.70. The van der Waals surface area contributed by atoms with Crippen molar-refractivity contribution in [3.05, 3.63) is 71.5 Å². The van der Waals surface area contributed by atoms with Gasteiger partial charge in [0, 0.05) is 18.7 Å². The molecule has 1 amide bonds. The van der Waals surface area contributed by atoms with Crippen LogP contribution in [0.1, 0.15) is 67.4 Å². The maximum absolute atomic E-state index is 13.3. The monoisotopic (exact) mass is 424 g/mol. The Morgan fingerprint density at radius 1 is 1.10 bits per heavy atom. The number of benzene rings is 2. The van der Waals surface area contributed by atoms with E-state index in [1.54, 1.807) is 0 Å². The van der Waals surface area contributed by atoms with Gasteiger partial charge in [-0.1, -0.05) is 49.6 Å². The molecule has 0 aromatic heterocycles. The minimum Gasteiger partial charge on any atom is -0.388 e. The third-order valence-electron chi connectivity index (χ3n) is 7.04. The molecule has 4 rings (SSSR count). The Kier molecular flexibility index (Phi) is 6.73. The van der Waals surface area contributed by atoms with Crippen molar-refractivity contribution in [2.24, 2.45) is 5.92 Å². The fraction of sp³-hybridized carbons (Fsp3) is 0.500. The van der Waals surface area contributed by atoms with Gasteiger partial charge >= 0.3 is 0 Å². The zero-order valence-electron chi connectivity index (χ0n) is 18.3. The van der Waals surface area contributed by atoms with E-state index in [0.717, 1.165) is 18.7 Å². The second-order valence-corrected chi connectivity index (χ2v) is 9.42. The molecule has 0 unspecified atom stereocenters. The lowest BCUT2D eigenvalue weighted by Gasteiger charge is -2.50. The lowest BCUT2D eigenvalue weighted by atomic mass is 9.78. The highest BCUT2D eigenvalue weighted by Crippen LogP contribution is 2.39. The first-order valence-electron chi connectivity index (χ1n) is 11.5.